The maximum Gasteiger partial charge on any atom is 0.0992 e. The van der Waals surface area contributed by atoms with Gasteiger partial charge in [-0.1, -0.05) is 29.8 Å². The van der Waals surface area contributed by atoms with Gasteiger partial charge in [0.2, 0.25) is 0 Å². The molecule has 0 radical (unpaired) electrons. The molecule has 0 fully saturated rings. The number of aliphatic hydroxyl groups is 1. The summed E-state index contributed by atoms with van der Waals surface area (Å²) in [4.78, 5) is 2.01. The summed E-state index contributed by atoms with van der Waals surface area (Å²) in [5.41, 5.74) is 3.30. The van der Waals surface area contributed by atoms with Crippen LogP contribution in [0.25, 0.3) is 0 Å². The van der Waals surface area contributed by atoms with Gasteiger partial charge in [-0.15, -0.1) is 0 Å². The molecule has 2 aromatic rings. The molecule has 0 aromatic heterocycles. The van der Waals surface area contributed by atoms with Gasteiger partial charge in [-0.25, -0.2) is 0 Å². The summed E-state index contributed by atoms with van der Waals surface area (Å²) in [6, 6.07) is 15.1. The van der Waals surface area contributed by atoms with Crippen LogP contribution in [0.3, 0.4) is 0 Å². The Kier molecular flexibility index (Phi) is 4.85. The number of hydrogen-bond acceptors (Lipinski definition) is 3. The Bertz CT molecular complexity index is 677. The summed E-state index contributed by atoms with van der Waals surface area (Å²) in [5.74, 6) is 0. The van der Waals surface area contributed by atoms with E-state index in [9.17, 15) is 5.11 Å². The van der Waals surface area contributed by atoms with Gasteiger partial charge >= 0.3 is 0 Å². The van der Waals surface area contributed by atoms with E-state index in [2.05, 4.69) is 6.07 Å². The maximum atomic E-state index is 9.90. The lowest BCUT2D eigenvalue weighted by Gasteiger charge is -2.24. The average Bonchev–Trinajstić information content (AvgIpc) is 2.46. The van der Waals surface area contributed by atoms with E-state index < -0.39 is 6.10 Å². The molecule has 2 rings (SSSR count). The van der Waals surface area contributed by atoms with Crippen LogP contribution >= 0.6 is 11.6 Å². The molecule has 0 aliphatic heterocycles. The van der Waals surface area contributed by atoms with Crippen molar-refractivity contribution < 1.29 is 5.11 Å². The number of benzene rings is 2. The van der Waals surface area contributed by atoms with E-state index in [1.54, 1.807) is 25.1 Å². The van der Waals surface area contributed by atoms with Gasteiger partial charge < -0.3 is 10.0 Å². The molecule has 0 unspecified atom stereocenters. The van der Waals surface area contributed by atoms with Crippen LogP contribution in [0.1, 0.15) is 29.7 Å². The van der Waals surface area contributed by atoms with Gasteiger partial charge in [0.25, 0.3) is 0 Å². The zero-order chi connectivity index (χ0) is 15.4. The van der Waals surface area contributed by atoms with Crippen molar-refractivity contribution >= 4 is 17.3 Å². The molecule has 0 saturated heterocycles. The molecule has 0 aliphatic carbocycles. The first-order valence-electron chi connectivity index (χ1n) is 6.69. The minimum absolute atomic E-state index is 0.576. The zero-order valence-electron chi connectivity index (χ0n) is 12.0. The molecule has 0 aliphatic rings. The Labute approximate surface area is 130 Å². The summed E-state index contributed by atoms with van der Waals surface area (Å²) >= 11 is 6.00. The van der Waals surface area contributed by atoms with Crippen molar-refractivity contribution in [3.63, 3.8) is 0 Å². The van der Waals surface area contributed by atoms with Crippen LogP contribution in [0.5, 0.6) is 0 Å². The second kappa shape index (κ2) is 6.62. The topological polar surface area (TPSA) is 47.3 Å². The first-order valence-corrected chi connectivity index (χ1v) is 7.06. The van der Waals surface area contributed by atoms with Crippen LogP contribution in [-0.2, 0) is 6.54 Å². The van der Waals surface area contributed by atoms with Gasteiger partial charge in [-0.3, -0.25) is 0 Å². The van der Waals surface area contributed by atoms with E-state index in [1.165, 1.54) is 0 Å². The molecule has 1 atom stereocenters. The average molecular weight is 301 g/mol. The maximum absolute atomic E-state index is 9.90. The fraction of sp³-hybridized carbons (Fsp3) is 0.235. The summed E-state index contributed by atoms with van der Waals surface area (Å²) < 4.78 is 0. The van der Waals surface area contributed by atoms with Crippen LogP contribution < -0.4 is 4.90 Å². The number of halogens is 1. The largest absolute Gasteiger partial charge is 0.389 e. The highest BCUT2D eigenvalue weighted by molar-refractivity contribution is 6.30. The Morgan fingerprint density at radius 1 is 1.29 bits per heavy atom. The van der Waals surface area contributed by atoms with E-state index in [0.717, 1.165) is 16.8 Å². The fourth-order valence-corrected chi connectivity index (χ4v) is 2.50. The van der Waals surface area contributed by atoms with E-state index >= 15 is 0 Å². The first kappa shape index (κ1) is 15.4. The normalized spacial score (nSPS) is 11.8. The second-order valence-corrected chi connectivity index (χ2v) is 5.48. The summed E-state index contributed by atoms with van der Waals surface area (Å²) in [5, 5.41) is 19.6. The lowest BCUT2D eigenvalue weighted by atomic mass is 10.0. The molecule has 108 valence electrons. The van der Waals surface area contributed by atoms with E-state index in [4.69, 9.17) is 16.9 Å². The third-order valence-corrected chi connectivity index (χ3v) is 3.56. The minimum Gasteiger partial charge on any atom is -0.389 e. The number of anilines is 1. The monoisotopic (exact) mass is 300 g/mol. The zero-order valence-corrected chi connectivity index (χ0v) is 12.8. The van der Waals surface area contributed by atoms with Crippen LogP contribution in [0.15, 0.2) is 42.5 Å². The molecule has 0 bridgehead atoms. The molecule has 0 amide bonds. The van der Waals surface area contributed by atoms with Gasteiger partial charge in [0.05, 0.1) is 17.7 Å². The van der Waals surface area contributed by atoms with Crippen molar-refractivity contribution in [2.75, 3.05) is 11.9 Å². The predicted octanol–water partition coefficient (Wildman–Crippen LogP) is 3.90. The number of aliphatic hydroxyl groups excluding tert-OH is 1. The number of hydrogen-bond donors (Lipinski definition) is 1. The molecular weight excluding hydrogens is 284 g/mol. The van der Waals surface area contributed by atoms with E-state index in [-0.39, 0.29) is 0 Å². The number of nitrogens with zero attached hydrogens (tertiary/aromatic N) is 2. The first-order chi connectivity index (χ1) is 10.0. The summed E-state index contributed by atoms with van der Waals surface area (Å²) in [7, 11) is 1.93. The van der Waals surface area contributed by atoms with Crippen molar-refractivity contribution in [2.45, 2.75) is 19.6 Å². The SMILES string of the molecule is C[C@@H](O)c1ccc(C#N)cc1N(C)Cc1cccc(Cl)c1. The highest BCUT2D eigenvalue weighted by atomic mass is 35.5. The molecule has 4 heteroatoms. The molecule has 0 saturated carbocycles. The Balaban J connectivity index is 2.33. The van der Waals surface area contributed by atoms with Crippen LogP contribution in [0, 0.1) is 11.3 Å². The van der Waals surface area contributed by atoms with Crippen molar-refractivity contribution in [2.24, 2.45) is 0 Å². The quantitative estimate of drug-likeness (QED) is 0.931. The summed E-state index contributed by atoms with van der Waals surface area (Å²) in [6.45, 7) is 2.37. The second-order valence-electron chi connectivity index (χ2n) is 5.05. The van der Waals surface area contributed by atoms with Crippen LogP contribution in [0.4, 0.5) is 5.69 Å². The lowest BCUT2D eigenvalue weighted by Crippen LogP contribution is -2.18. The third-order valence-electron chi connectivity index (χ3n) is 3.33. The lowest BCUT2D eigenvalue weighted by molar-refractivity contribution is 0.199. The molecule has 2 aromatic carbocycles. The fourth-order valence-electron chi connectivity index (χ4n) is 2.29. The number of nitriles is 1. The standard InChI is InChI=1S/C17H17ClN2O/c1-12(21)16-7-6-13(10-19)9-17(16)20(2)11-14-4-3-5-15(18)8-14/h3-9,12,21H,11H2,1-2H3/t12-/m1/s1. The third kappa shape index (κ3) is 3.75. The van der Waals surface area contributed by atoms with Crippen LogP contribution in [-0.4, -0.2) is 12.2 Å². The smallest absolute Gasteiger partial charge is 0.0992 e. The molecule has 3 nitrogen and oxygen atoms in total. The van der Waals surface area contributed by atoms with E-state index in [0.29, 0.717) is 17.1 Å². The van der Waals surface area contributed by atoms with Crippen LogP contribution in [0.2, 0.25) is 5.02 Å². The highest BCUT2D eigenvalue weighted by Crippen LogP contribution is 2.28. The van der Waals surface area contributed by atoms with Gasteiger partial charge in [0.1, 0.15) is 0 Å². The van der Waals surface area contributed by atoms with Gasteiger partial charge in [-0.05, 0) is 36.8 Å². The highest BCUT2D eigenvalue weighted by Gasteiger charge is 2.13. The molecule has 1 N–H and O–H groups in total. The van der Waals surface area contributed by atoms with Crippen molar-refractivity contribution in [1.29, 1.82) is 5.26 Å². The summed E-state index contributed by atoms with van der Waals surface area (Å²) in [6.07, 6.45) is -0.588. The Hall–Kier alpha value is -2.02. The van der Waals surface area contributed by atoms with Crippen molar-refractivity contribution in [3.05, 3.63) is 64.2 Å². The van der Waals surface area contributed by atoms with Gasteiger partial charge in [0, 0.05) is 29.9 Å². The molecule has 21 heavy (non-hydrogen) atoms. The van der Waals surface area contributed by atoms with Crippen molar-refractivity contribution in [1.82, 2.24) is 0 Å². The molecular formula is C17H17ClN2O. The van der Waals surface area contributed by atoms with E-state index in [1.807, 2.05) is 36.2 Å². The van der Waals surface area contributed by atoms with Gasteiger partial charge in [-0.2, -0.15) is 5.26 Å². The molecule has 0 spiro atoms. The number of rotatable bonds is 4. The predicted molar refractivity (Wildman–Crippen MR) is 85.3 cm³/mol. The molecule has 0 heterocycles. The Morgan fingerprint density at radius 3 is 2.67 bits per heavy atom. The van der Waals surface area contributed by atoms with Crippen molar-refractivity contribution in [3.8, 4) is 6.07 Å². The Morgan fingerprint density at radius 2 is 2.05 bits per heavy atom. The van der Waals surface area contributed by atoms with Gasteiger partial charge in [0.15, 0.2) is 0 Å². The minimum atomic E-state index is -0.588.